The first-order valence-electron chi connectivity index (χ1n) is 26.7. The van der Waals surface area contributed by atoms with Crippen molar-refractivity contribution in [2.75, 3.05) is 39.5 Å². The number of hydrogen-bond acceptors (Lipinski definition) is 6. The van der Waals surface area contributed by atoms with E-state index in [0.29, 0.717) is 39.6 Å². The summed E-state index contributed by atoms with van der Waals surface area (Å²) in [6.45, 7) is 23.1. The van der Waals surface area contributed by atoms with Crippen LogP contribution in [-0.4, -0.2) is 39.5 Å². The maximum atomic E-state index is 6.63. The van der Waals surface area contributed by atoms with Gasteiger partial charge in [-0.25, -0.2) is 0 Å². The Hall–Kier alpha value is -3.81. The quantitative estimate of drug-likeness (QED) is 0.0450. The minimum absolute atomic E-state index is 0. The van der Waals surface area contributed by atoms with E-state index in [0.717, 1.165) is 96.5 Å². The standard InChI is InChI=1S/C59H93NO6.ClH/c1-7-13-17-21-25-29-35-61-54-41-52(42-55(45-54)62-36-30-26-22-18-14-8-2)49-65-58-39-51(48-60(33-11-5)34-12-6)40-59(47-58)66-50-53-43-56(63-37-31-27-23-19-15-9-3)46-57(44-53)64-38-32-28-24-20-16-10-4;/h11-12,39-47H,5-10,13-38,48-50H2,1-4H3;1H. The highest BCUT2D eigenvalue weighted by atomic mass is 35.5. The number of halogens is 1. The maximum absolute atomic E-state index is 6.63. The zero-order valence-corrected chi connectivity index (χ0v) is 43.7. The van der Waals surface area contributed by atoms with Gasteiger partial charge in [0, 0.05) is 23.8 Å². The van der Waals surface area contributed by atoms with E-state index >= 15 is 0 Å². The van der Waals surface area contributed by atoms with Crippen LogP contribution in [0.1, 0.15) is 198 Å². The van der Waals surface area contributed by atoms with Gasteiger partial charge in [0.15, 0.2) is 0 Å². The van der Waals surface area contributed by atoms with Crippen LogP contribution in [0, 0.1) is 0 Å². The Kier molecular flexibility index (Phi) is 35.5. The van der Waals surface area contributed by atoms with Crippen LogP contribution in [0.2, 0.25) is 0 Å². The molecule has 0 saturated heterocycles. The molecule has 67 heavy (non-hydrogen) atoms. The van der Waals surface area contributed by atoms with Gasteiger partial charge in [0.1, 0.15) is 54.3 Å². The fourth-order valence-electron chi connectivity index (χ4n) is 8.21. The van der Waals surface area contributed by atoms with E-state index in [1.54, 1.807) is 0 Å². The Balaban J connectivity index is 0.0000154. The minimum atomic E-state index is 0. The van der Waals surface area contributed by atoms with Gasteiger partial charge in [-0.3, -0.25) is 0 Å². The number of benzene rings is 3. The van der Waals surface area contributed by atoms with Crippen LogP contribution in [0.15, 0.2) is 79.9 Å². The topological polar surface area (TPSA) is 59.8 Å². The summed E-state index contributed by atoms with van der Waals surface area (Å²) in [6.07, 6.45) is 33.4. The normalized spacial score (nSPS) is 11.0. The average Bonchev–Trinajstić information content (AvgIpc) is 3.31. The minimum Gasteiger partial charge on any atom is -1.00 e. The molecule has 0 bridgehead atoms. The summed E-state index contributed by atoms with van der Waals surface area (Å²) in [5.74, 6) is 4.85. The lowest BCUT2D eigenvalue weighted by molar-refractivity contribution is -0.902. The van der Waals surface area contributed by atoms with Crippen molar-refractivity contribution in [2.24, 2.45) is 0 Å². The zero-order valence-electron chi connectivity index (χ0n) is 42.9. The number of nitrogens with one attached hydrogen (secondary N) is 1. The Morgan fingerprint density at radius 1 is 0.343 bits per heavy atom. The first-order valence-corrected chi connectivity index (χ1v) is 26.7. The van der Waals surface area contributed by atoms with E-state index < -0.39 is 0 Å². The smallest absolute Gasteiger partial charge is 0.124 e. The Bertz CT molecular complexity index is 1490. The van der Waals surface area contributed by atoms with Crippen molar-refractivity contribution in [3.63, 3.8) is 0 Å². The molecule has 0 aromatic heterocycles. The molecule has 1 N–H and O–H groups in total. The van der Waals surface area contributed by atoms with Crippen molar-refractivity contribution < 1.29 is 45.7 Å². The molecule has 0 aliphatic carbocycles. The highest BCUT2D eigenvalue weighted by Crippen LogP contribution is 2.30. The lowest BCUT2D eigenvalue weighted by atomic mass is 10.1. The molecule has 8 heteroatoms. The summed E-state index contributed by atoms with van der Waals surface area (Å²) < 4.78 is 38.6. The third-order valence-corrected chi connectivity index (χ3v) is 12.0. The largest absolute Gasteiger partial charge is 1.00 e. The van der Waals surface area contributed by atoms with Gasteiger partial charge in [-0.1, -0.05) is 169 Å². The number of unbranched alkanes of at least 4 members (excludes halogenated alkanes) is 20. The van der Waals surface area contributed by atoms with Crippen molar-refractivity contribution in [1.82, 2.24) is 0 Å². The lowest BCUT2D eigenvalue weighted by Gasteiger charge is -2.18. The van der Waals surface area contributed by atoms with Crippen molar-refractivity contribution in [3.8, 4) is 34.5 Å². The van der Waals surface area contributed by atoms with Gasteiger partial charge < -0.3 is 45.7 Å². The molecule has 0 aliphatic rings. The predicted octanol–water partition coefficient (Wildman–Crippen LogP) is 12.6. The molecule has 0 amide bonds. The Morgan fingerprint density at radius 3 is 0.881 bits per heavy atom. The number of rotatable bonds is 44. The highest BCUT2D eigenvalue weighted by molar-refractivity contribution is 5.42. The van der Waals surface area contributed by atoms with E-state index in [9.17, 15) is 0 Å². The van der Waals surface area contributed by atoms with Gasteiger partial charge in [-0.2, -0.15) is 0 Å². The van der Waals surface area contributed by atoms with Crippen LogP contribution in [0.25, 0.3) is 0 Å². The number of ether oxygens (including phenoxy) is 6. The number of quaternary nitrogens is 1. The predicted molar refractivity (Wildman–Crippen MR) is 278 cm³/mol. The van der Waals surface area contributed by atoms with Gasteiger partial charge in [0.2, 0.25) is 0 Å². The van der Waals surface area contributed by atoms with Crippen LogP contribution >= 0.6 is 0 Å². The Morgan fingerprint density at radius 2 is 0.597 bits per heavy atom. The molecule has 3 aromatic rings. The molecule has 378 valence electrons. The molecule has 3 rings (SSSR count). The maximum Gasteiger partial charge on any atom is 0.124 e. The molecule has 0 saturated carbocycles. The molecule has 0 spiro atoms. The van der Waals surface area contributed by atoms with Gasteiger partial charge in [0.25, 0.3) is 0 Å². The monoisotopic (exact) mass is 948 g/mol. The van der Waals surface area contributed by atoms with Crippen molar-refractivity contribution >= 4 is 0 Å². The molecule has 0 fully saturated rings. The van der Waals surface area contributed by atoms with E-state index in [4.69, 9.17) is 28.4 Å². The fraction of sp³-hybridized carbons (Fsp3) is 0.627. The summed E-state index contributed by atoms with van der Waals surface area (Å²) >= 11 is 0. The summed E-state index contributed by atoms with van der Waals surface area (Å²) in [5.41, 5.74) is 3.15. The molecule has 0 radical (unpaired) electrons. The van der Waals surface area contributed by atoms with Crippen molar-refractivity contribution in [1.29, 1.82) is 0 Å². The zero-order chi connectivity index (χ0) is 47.1. The van der Waals surface area contributed by atoms with E-state index in [2.05, 4.69) is 77.3 Å². The van der Waals surface area contributed by atoms with Crippen LogP contribution in [-0.2, 0) is 19.8 Å². The van der Waals surface area contributed by atoms with E-state index in [1.165, 1.54) is 133 Å². The molecular weight excluding hydrogens is 854 g/mol. The third kappa shape index (κ3) is 29.0. The first-order chi connectivity index (χ1) is 32.5. The van der Waals surface area contributed by atoms with Crippen LogP contribution in [0.3, 0.4) is 0 Å². The number of hydrogen-bond donors (Lipinski definition) is 1. The fourth-order valence-corrected chi connectivity index (χ4v) is 8.21. The van der Waals surface area contributed by atoms with E-state index in [1.807, 2.05) is 30.4 Å². The van der Waals surface area contributed by atoms with Crippen LogP contribution < -0.4 is 45.7 Å². The Labute approximate surface area is 416 Å². The van der Waals surface area contributed by atoms with Gasteiger partial charge in [-0.05, 0) is 85.4 Å². The van der Waals surface area contributed by atoms with E-state index in [-0.39, 0.29) is 12.4 Å². The molecule has 0 unspecified atom stereocenters. The first kappa shape index (κ1) is 59.3. The second-order valence-corrected chi connectivity index (χ2v) is 18.4. The van der Waals surface area contributed by atoms with Crippen LogP contribution in [0.5, 0.6) is 34.5 Å². The van der Waals surface area contributed by atoms with Gasteiger partial charge in [0.05, 0.1) is 39.5 Å². The second-order valence-electron chi connectivity index (χ2n) is 18.4. The molecule has 7 nitrogen and oxygen atoms in total. The van der Waals surface area contributed by atoms with Crippen molar-refractivity contribution in [3.05, 3.63) is 96.6 Å². The summed E-state index contributed by atoms with van der Waals surface area (Å²) in [6, 6.07) is 18.8. The van der Waals surface area contributed by atoms with Gasteiger partial charge in [-0.15, -0.1) is 0 Å². The molecule has 3 aromatic carbocycles. The van der Waals surface area contributed by atoms with Crippen LogP contribution in [0.4, 0.5) is 0 Å². The van der Waals surface area contributed by atoms with Crippen molar-refractivity contribution in [2.45, 2.75) is 202 Å². The second kappa shape index (κ2) is 40.1. The molecule has 0 aliphatic heterocycles. The molecule has 0 atom stereocenters. The SMILES string of the molecule is C=CC[NH+](CC=C)Cc1cc(OCc2cc(OCCCCCCCC)cc(OCCCCCCCC)c2)cc(OCc2cc(OCCCCCCCC)cc(OCCCCCCCC)c2)c1.[Cl-]. The summed E-state index contributed by atoms with van der Waals surface area (Å²) in [4.78, 5) is 1.34. The molecular formula is C59H94ClNO6. The lowest BCUT2D eigenvalue weighted by Crippen LogP contribution is -3.10. The highest BCUT2D eigenvalue weighted by Gasteiger charge is 2.13. The molecule has 0 heterocycles. The summed E-state index contributed by atoms with van der Waals surface area (Å²) in [5, 5.41) is 0. The average molecular weight is 949 g/mol. The third-order valence-electron chi connectivity index (χ3n) is 12.0. The van der Waals surface area contributed by atoms with Gasteiger partial charge >= 0.3 is 0 Å². The summed E-state index contributed by atoms with van der Waals surface area (Å²) in [7, 11) is 0.